The van der Waals surface area contributed by atoms with Crippen LogP contribution in [0.2, 0.25) is 0 Å². The Morgan fingerprint density at radius 2 is 2.10 bits per heavy atom. The second kappa shape index (κ2) is 6.34. The summed E-state index contributed by atoms with van der Waals surface area (Å²) < 4.78 is 5.21. The average molecular weight is 273 g/mol. The maximum absolute atomic E-state index is 12.0. The number of nitrogens with two attached hydrogens (primary N) is 1. The molecule has 3 N–H and O–H groups in total. The predicted octanol–water partition coefficient (Wildman–Crippen LogP) is 2.65. The maximum Gasteiger partial charge on any atom is 0.241 e. The van der Waals surface area contributed by atoms with Crippen LogP contribution >= 0.6 is 0 Å². The minimum Gasteiger partial charge on any atom is -0.444 e. The van der Waals surface area contributed by atoms with Gasteiger partial charge in [0.15, 0.2) is 12.2 Å². The molecule has 0 aliphatic carbocycles. The molecule has 20 heavy (non-hydrogen) atoms. The van der Waals surface area contributed by atoms with E-state index in [-0.39, 0.29) is 11.8 Å². The minimum atomic E-state index is -0.492. The molecule has 1 amide bonds. The van der Waals surface area contributed by atoms with Crippen molar-refractivity contribution in [1.29, 1.82) is 0 Å². The van der Waals surface area contributed by atoms with Gasteiger partial charge in [0.25, 0.3) is 0 Å². The van der Waals surface area contributed by atoms with Gasteiger partial charge in [-0.1, -0.05) is 20.3 Å². The Labute approximate surface area is 118 Å². The highest BCUT2D eigenvalue weighted by atomic mass is 16.3. The molecule has 1 aromatic heterocycles. The summed E-state index contributed by atoms with van der Waals surface area (Å²) in [5, 5.41) is 2.82. The van der Waals surface area contributed by atoms with Crippen LogP contribution in [0.25, 0.3) is 11.3 Å². The molecule has 0 aliphatic rings. The Morgan fingerprint density at radius 3 is 2.65 bits per heavy atom. The van der Waals surface area contributed by atoms with Crippen LogP contribution in [0.1, 0.15) is 20.3 Å². The van der Waals surface area contributed by atoms with Crippen molar-refractivity contribution in [2.24, 2.45) is 11.7 Å². The van der Waals surface area contributed by atoms with Gasteiger partial charge < -0.3 is 15.5 Å². The maximum atomic E-state index is 12.0. The lowest BCUT2D eigenvalue weighted by Crippen LogP contribution is -2.40. The van der Waals surface area contributed by atoms with Crippen LogP contribution in [0.15, 0.2) is 41.3 Å². The van der Waals surface area contributed by atoms with E-state index in [9.17, 15) is 4.79 Å². The second-order valence-electron chi connectivity index (χ2n) is 4.84. The minimum absolute atomic E-state index is 0.156. The van der Waals surface area contributed by atoms with E-state index < -0.39 is 6.04 Å². The van der Waals surface area contributed by atoms with Gasteiger partial charge in [0.1, 0.15) is 0 Å². The third-order valence-corrected chi connectivity index (χ3v) is 3.43. The molecular formula is C15H19N3O2. The molecule has 5 heteroatoms. The summed E-state index contributed by atoms with van der Waals surface area (Å²) >= 11 is 0. The van der Waals surface area contributed by atoms with Gasteiger partial charge in [0, 0.05) is 11.3 Å². The molecule has 2 rings (SSSR count). The molecule has 0 saturated heterocycles. The summed E-state index contributed by atoms with van der Waals surface area (Å²) in [6.07, 6.45) is 3.90. The number of oxazole rings is 1. The van der Waals surface area contributed by atoms with E-state index in [1.54, 1.807) is 6.20 Å². The molecule has 5 nitrogen and oxygen atoms in total. The van der Waals surface area contributed by atoms with Gasteiger partial charge in [0.05, 0.1) is 12.2 Å². The molecule has 1 heterocycles. The Morgan fingerprint density at radius 1 is 1.40 bits per heavy atom. The summed E-state index contributed by atoms with van der Waals surface area (Å²) in [5.74, 6) is 0.689. The number of hydrogen-bond acceptors (Lipinski definition) is 4. The van der Waals surface area contributed by atoms with Crippen molar-refractivity contribution >= 4 is 11.6 Å². The van der Waals surface area contributed by atoms with Crippen LogP contribution in [0.3, 0.4) is 0 Å². The fourth-order valence-corrected chi connectivity index (χ4v) is 1.81. The van der Waals surface area contributed by atoms with Gasteiger partial charge in [0.2, 0.25) is 5.91 Å². The first-order valence-electron chi connectivity index (χ1n) is 6.67. The van der Waals surface area contributed by atoms with Gasteiger partial charge in [-0.05, 0) is 30.2 Å². The van der Waals surface area contributed by atoms with E-state index >= 15 is 0 Å². The fourth-order valence-electron chi connectivity index (χ4n) is 1.81. The normalized spacial score (nSPS) is 13.8. The van der Waals surface area contributed by atoms with E-state index in [1.165, 1.54) is 6.39 Å². The highest BCUT2D eigenvalue weighted by Gasteiger charge is 2.19. The summed E-state index contributed by atoms with van der Waals surface area (Å²) in [6, 6.07) is 6.88. The standard InChI is InChI=1S/C15H19N3O2/c1-3-10(2)14(16)15(19)18-12-6-4-11(5-7-12)13-8-17-9-20-13/h4-10,14H,3,16H2,1-2H3,(H,18,19)/t10?,14-/m0/s1. The number of aromatic nitrogens is 1. The third-order valence-electron chi connectivity index (χ3n) is 3.43. The lowest BCUT2D eigenvalue weighted by atomic mass is 9.99. The van der Waals surface area contributed by atoms with Crippen molar-refractivity contribution in [3.05, 3.63) is 36.9 Å². The molecule has 0 saturated carbocycles. The zero-order chi connectivity index (χ0) is 14.5. The summed E-state index contributed by atoms with van der Waals surface area (Å²) in [6.45, 7) is 3.99. The smallest absolute Gasteiger partial charge is 0.241 e. The molecule has 1 unspecified atom stereocenters. The van der Waals surface area contributed by atoms with Crippen molar-refractivity contribution in [3.8, 4) is 11.3 Å². The van der Waals surface area contributed by atoms with Crippen LogP contribution in [0.4, 0.5) is 5.69 Å². The SMILES string of the molecule is CCC(C)[C@H](N)C(=O)Nc1ccc(-c2cnco2)cc1. The van der Waals surface area contributed by atoms with Crippen LogP contribution in [-0.2, 0) is 4.79 Å². The predicted molar refractivity (Wildman–Crippen MR) is 78.0 cm³/mol. The van der Waals surface area contributed by atoms with Crippen LogP contribution < -0.4 is 11.1 Å². The van der Waals surface area contributed by atoms with Crippen molar-refractivity contribution in [1.82, 2.24) is 4.98 Å². The lowest BCUT2D eigenvalue weighted by Gasteiger charge is -2.17. The highest BCUT2D eigenvalue weighted by Crippen LogP contribution is 2.21. The van der Waals surface area contributed by atoms with E-state index in [2.05, 4.69) is 10.3 Å². The number of benzene rings is 1. The quantitative estimate of drug-likeness (QED) is 0.877. The highest BCUT2D eigenvalue weighted by molar-refractivity contribution is 5.95. The third kappa shape index (κ3) is 3.24. The van der Waals surface area contributed by atoms with E-state index in [0.29, 0.717) is 5.76 Å². The van der Waals surface area contributed by atoms with Crippen molar-refractivity contribution in [2.75, 3.05) is 5.32 Å². The average Bonchev–Trinajstić information content (AvgIpc) is 3.00. The zero-order valence-electron chi connectivity index (χ0n) is 11.7. The first kappa shape index (κ1) is 14.3. The molecule has 0 fully saturated rings. The van der Waals surface area contributed by atoms with E-state index in [1.807, 2.05) is 38.1 Å². The Bertz CT molecular complexity index is 549. The first-order valence-corrected chi connectivity index (χ1v) is 6.67. The molecule has 106 valence electrons. The number of nitrogens with one attached hydrogen (secondary N) is 1. The number of hydrogen-bond donors (Lipinski definition) is 2. The van der Waals surface area contributed by atoms with Gasteiger partial charge in [-0.25, -0.2) is 4.98 Å². The molecule has 0 bridgehead atoms. The Kier molecular flexibility index (Phi) is 4.53. The van der Waals surface area contributed by atoms with Gasteiger partial charge in [-0.15, -0.1) is 0 Å². The van der Waals surface area contributed by atoms with Crippen molar-refractivity contribution in [2.45, 2.75) is 26.3 Å². The molecule has 0 aliphatic heterocycles. The Balaban J connectivity index is 2.02. The topological polar surface area (TPSA) is 81.2 Å². The first-order chi connectivity index (χ1) is 9.61. The number of carbonyl (C=O) groups is 1. The summed E-state index contributed by atoms with van der Waals surface area (Å²) in [4.78, 5) is 15.8. The van der Waals surface area contributed by atoms with Crippen LogP contribution in [-0.4, -0.2) is 16.9 Å². The van der Waals surface area contributed by atoms with E-state index in [4.69, 9.17) is 10.2 Å². The Hall–Kier alpha value is -2.14. The number of anilines is 1. The van der Waals surface area contributed by atoms with Crippen molar-refractivity contribution < 1.29 is 9.21 Å². The number of rotatable bonds is 5. The van der Waals surface area contributed by atoms with Crippen LogP contribution in [0, 0.1) is 5.92 Å². The molecule has 0 spiro atoms. The number of amides is 1. The molecule has 2 atom stereocenters. The van der Waals surface area contributed by atoms with Crippen molar-refractivity contribution in [3.63, 3.8) is 0 Å². The van der Waals surface area contributed by atoms with Gasteiger partial charge in [-0.2, -0.15) is 0 Å². The van der Waals surface area contributed by atoms with Gasteiger partial charge >= 0.3 is 0 Å². The second-order valence-corrected chi connectivity index (χ2v) is 4.84. The largest absolute Gasteiger partial charge is 0.444 e. The van der Waals surface area contributed by atoms with Crippen LogP contribution in [0.5, 0.6) is 0 Å². The molecule has 2 aromatic rings. The number of carbonyl (C=O) groups excluding carboxylic acids is 1. The summed E-state index contributed by atoms with van der Waals surface area (Å²) in [5.41, 5.74) is 7.52. The molecule has 0 radical (unpaired) electrons. The fraction of sp³-hybridized carbons (Fsp3) is 0.333. The number of nitrogens with zero attached hydrogens (tertiary/aromatic N) is 1. The summed E-state index contributed by atoms with van der Waals surface area (Å²) in [7, 11) is 0. The van der Waals surface area contributed by atoms with E-state index in [0.717, 1.165) is 17.7 Å². The molecular weight excluding hydrogens is 254 g/mol. The zero-order valence-corrected chi connectivity index (χ0v) is 11.7. The van der Waals surface area contributed by atoms with Gasteiger partial charge in [-0.3, -0.25) is 4.79 Å². The lowest BCUT2D eigenvalue weighted by molar-refractivity contribution is -0.118. The molecule has 1 aromatic carbocycles. The monoisotopic (exact) mass is 273 g/mol.